The summed E-state index contributed by atoms with van der Waals surface area (Å²) >= 11 is 0. The number of benzene rings is 1. The topological polar surface area (TPSA) is 29.1 Å². The molecule has 2 nitrogen and oxygen atoms in total. The molecule has 0 amide bonds. The van der Waals surface area contributed by atoms with Crippen molar-refractivity contribution in [1.29, 1.82) is 0 Å². The van der Waals surface area contributed by atoms with Crippen molar-refractivity contribution in [2.75, 3.05) is 19.3 Å². The van der Waals surface area contributed by atoms with Crippen molar-refractivity contribution in [2.24, 2.45) is 0 Å². The summed E-state index contributed by atoms with van der Waals surface area (Å²) in [5.41, 5.74) is 2.46. The van der Waals surface area contributed by atoms with Crippen molar-refractivity contribution in [3.8, 4) is 0 Å². The summed E-state index contributed by atoms with van der Waals surface area (Å²) in [5, 5.41) is 3.00. The lowest BCUT2D eigenvalue weighted by molar-refractivity contribution is 0.680. The van der Waals surface area contributed by atoms with Crippen LogP contribution in [-0.4, -0.2) is 23.6 Å². The number of hydrogen-bond acceptors (Lipinski definition) is 2. The van der Waals surface area contributed by atoms with E-state index in [1.165, 1.54) is 11.1 Å². The predicted octanol–water partition coefficient (Wildman–Crippen LogP) is 1.63. The fraction of sp³-hybridized carbons (Fsp3) is 0.455. The van der Waals surface area contributed by atoms with Gasteiger partial charge in [-0.1, -0.05) is 6.07 Å². The molecule has 1 atom stereocenters. The van der Waals surface area contributed by atoms with Crippen LogP contribution in [0.2, 0.25) is 0 Å². The highest BCUT2D eigenvalue weighted by atomic mass is 32.2. The Bertz CT molecular complexity index is 336. The molecule has 0 saturated heterocycles. The number of nitrogens with one attached hydrogen (secondary N) is 1. The monoisotopic (exact) mass is 211 g/mol. The first-order valence-corrected chi connectivity index (χ1v) is 6.07. The van der Waals surface area contributed by atoms with Gasteiger partial charge >= 0.3 is 0 Å². The van der Waals surface area contributed by atoms with Crippen molar-refractivity contribution in [1.82, 2.24) is 5.32 Å². The molecule has 1 aromatic rings. The first kappa shape index (κ1) is 11.4. The van der Waals surface area contributed by atoms with Crippen molar-refractivity contribution >= 4 is 10.8 Å². The van der Waals surface area contributed by atoms with E-state index in [1.54, 1.807) is 0 Å². The molecule has 1 N–H and O–H groups in total. The summed E-state index contributed by atoms with van der Waals surface area (Å²) in [4.78, 5) is 0.934. The molecule has 1 aromatic carbocycles. The quantitative estimate of drug-likeness (QED) is 0.820. The average molecular weight is 211 g/mol. The molecule has 0 aliphatic carbocycles. The van der Waals surface area contributed by atoms with Gasteiger partial charge in [-0.25, -0.2) is 0 Å². The maximum atomic E-state index is 11.7. The fourth-order valence-corrected chi connectivity index (χ4v) is 2.32. The van der Waals surface area contributed by atoms with Gasteiger partial charge in [0.05, 0.1) is 10.8 Å². The SMILES string of the molecule is CNCCS(=O)c1ccc(C)c(C)c1. The summed E-state index contributed by atoms with van der Waals surface area (Å²) in [6.45, 7) is 4.91. The molecule has 0 aromatic heterocycles. The third-order valence-corrected chi connectivity index (χ3v) is 3.63. The van der Waals surface area contributed by atoms with E-state index in [0.717, 1.165) is 11.4 Å². The molecule has 0 bridgehead atoms. The zero-order chi connectivity index (χ0) is 10.6. The lowest BCUT2D eigenvalue weighted by Crippen LogP contribution is -2.15. The van der Waals surface area contributed by atoms with Crippen LogP contribution < -0.4 is 5.32 Å². The third kappa shape index (κ3) is 2.93. The highest BCUT2D eigenvalue weighted by molar-refractivity contribution is 7.85. The van der Waals surface area contributed by atoms with Gasteiger partial charge in [-0.3, -0.25) is 4.21 Å². The van der Waals surface area contributed by atoms with Gasteiger partial charge in [0.1, 0.15) is 0 Å². The Morgan fingerprint density at radius 2 is 2.00 bits per heavy atom. The van der Waals surface area contributed by atoms with E-state index >= 15 is 0 Å². The van der Waals surface area contributed by atoms with Gasteiger partial charge in [-0.15, -0.1) is 0 Å². The van der Waals surface area contributed by atoms with Gasteiger partial charge in [-0.05, 0) is 44.2 Å². The second kappa shape index (κ2) is 5.27. The number of aryl methyl sites for hydroxylation is 2. The molecule has 0 fully saturated rings. The molecule has 0 spiro atoms. The van der Waals surface area contributed by atoms with E-state index in [4.69, 9.17) is 0 Å². The minimum atomic E-state index is -0.864. The lowest BCUT2D eigenvalue weighted by atomic mass is 10.1. The molecule has 0 aliphatic rings. The minimum absolute atomic E-state index is 0.680. The molecule has 0 saturated carbocycles. The third-order valence-electron chi connectivity index (χ3n) is 2.28. The second-order valence-electron chi connectivity index (χ2n) is 3.40. The van der Waals surface area contributed by atoms with Crippen LogP contribution in [0.25, 0.3) is 0 Å². The molecule has 3 heteroatoms. The second-order valence-corrected chi connectivity index (χ2v) is 4.97. The average Bonchev–Trinajstić information content (AvgIpc) is 2.18. The molecule has 14 heavy (non-hydrogen) atoms. The zero-order valence-corrected chi connectivity index (χ0v) is 9.78. The first-order valence-electron chi connectivity index (χ1n) is 4.75. The van der Waals surface area contributed by atoms with Crippen LogP contribution in [0.15, 0.2) is 23.1 Å². The normalized spacial score (nSPS) is 12.8. The molecular formula is C11H17NOS. The lowest BCUT2D eigenvalue weighted by Gasteiger charge is -2.05. The van der Waals surface area contributed by atoms with Crippen molar-refractivity contribution < 1.29 is 4.21 Å². The minimum Gasteiger partial charge on any atom is -0.319 e. The largest absolute Gasteiger partial charge is 0.319 e. The van der Waals surface area contributed by atoms with Crippen molar-refractivity contribution in [3.05, 3.63) is 29.3 Å². The summed E-state index contributed by atoms with van der Waals surface area (Å²) in [5.74, 6) is 0.680. The Labute approximate surface area is 88.2 Å². The number of hydrogen-bond donors (Lipinski definition) is 1. The molecule has 1 rings (SSSR count). The Hall–Kier alpha value is -0.670. The molecule has 0 aliphatic heterocycles. The van der Waals surface area contributed by atoms with Gasteiger partial charge in [-0.2, -0.15) is 0 Å². The summed E-state index contributed by atoms with van der Waals surface area (Å²) in [6.07, 6.45) is 0. The smallest absolute Gasteiger partial charge is 0.0542 e. The van der Waals surface area contributed by atoms with E-state index in [-0.39, 0.29) is 0 Å². The Balaban J connectivity index is 2.76. The van der Waals surface area contributed by atoms with E-state index in [0.29, 0.717) is 5.75 Å². The van der Waals surface area contributed by atoms with Gasteiger partial charge in [0.15, 0.2) is 0 Å². The maximum Gasteiger partial charge on any atom is 0.0542 e. The van der Waals surface area contributed by atoms with Crippen molar-refractivity contribution in [2.45, 2.75) is 18.7 Å². The van der Waals surface area contributed by atoms with Gasteiger partial charge in [0.2, 0.25) is 0 Å². The Kier molecular flexibility index (Phi) is 4.29. The molecular weight excluding hydrogens is 194 g/mol. The van der Waals surface area contributed by atoms with Crippen LogP contribution in [0.3, 0.4) is 0 Å². The summed E-state index contributed by atoms with van der Waals surface area (Å²) in [7, 11) is 1.01. The van der Waals surface area contributed by atoms with Crippen LogP contribution in [-0.2, 0) is 10.8 Å². The predicted molar refractivity (Wildman–Crippen MR) is 61.1 cm³/mol. The highest BCUT2D eigenvalue weighted by Gasteiger charge is 2.03. The summed E-state index contributed by atoms with van der Waals surface area (Å²) < 4.78 is 11.7. The summed E-state index contributed by atoms with van der Waals surface area (Å²) in [6, 6.07) is 6.00. The zero-order valence-electron chi connectivity index (χ0n) is 8.96. The molecule has 0 heterocycles. The van der Waals surface area contributed by atoms with Gasteiger partial charge in [0.25, 0.3) is 0 Å². The molecule has 1 unspecified atom stereocenters. The van der Waals surface area contributed by atoms with Gasteiger partial charge in [0, 0.05) is 17.2 Å². The van der Waals surface area contributed by atoms with Crippen LogP contribution >= 0.6 is 0 Å². The van der Waals surface area contributed by atoms with E-state index < -0.39 is 10.8 Å². The maximum absolute atomic E-state index is 11.7. The molecule has 78 valence electrons. The van der Waals surface area contributed by atoms with E-state index in [9.17, 15) is 4.21 Å². The first-order chi connectivity index (χ1) is 6.65. The van der Waals surface area contributed by atoms with Gasteiger partial charge < -0.3 is 5.32 Å². The Morgan fingerprint density at radius 1 is 1.29 bits per heavy atom. The highest BCUT2D eigenvalue weighted by Crippen LogP contribution is 2.13. The van der Waals surface area contributed by atoms with Crippen LogP contribution in [0.5, 0.6) is 0 Å². The van der Waals surface area contributed by atoms with E-state index in [2.05, 4.69) is 12.2 Å². The standard InChI is InChI=1S/C11H17NOS/c1-9-4-5-11(8-10(9)2)14(13)7-6-12-3/h4-5,8,12H,6-7H2,1-3H3. The van der Waals surface area contributed by atoms with Crippen LogP contribution in [0.1, 0.15) is 11.1 Å². The van der Waals surface area contributed by atoms with Crippen LogP contribution in [0, 0.1) is 13.8 Å². The fourth-order valence-electron chi connectivity index (χ4n) is 1.17. The molecule has 0 radical (unpaired) electrons. The van der Waals surface area contributed by atoms with E-state index in [1.807, 2.05) is 32.2 Å². The van der Waals surface area contributed by atoms with Crippen molar-refractivity contribution in [3.63, 3.8) is 0 Å². The Morgan fingerprint density at radius 3 is 2.57 bits per heavy atom. The number of rotatable bonds is 4. The van der Waals surface area contributed by atoms with Crippen LogP contribution in [0.4, 0.5) is 0 Å².